The van der Waals surface area contributed by atoms with Crippen LogP contribution in [0.1, 0.15) is 17.7 Å². The maximum absolute atomic E-state index is 13.3. The molecule has 0 N–H and O–H groups in total. The van der Waals surface area contributed by atoms with E-state index in [1.165, 1.54) is 6.07 Å². The van der Waals surface area contributed by atoms with Gasteiger partial charge >= 0.3 is 0 Å². The van der Waals surface area contributed by atoms with Gasteiger partial charge in [-0.05, 0) is 31.2 Å². The number of nitrogens with zero attached hydrogens (tertiary/aromatic N) is 2. The van der Waals surface area contributed by atoms with Gasteiger partial charge in [-0.25, -0.2) is 13.8 Å². The van der Waals surface area contributed by atoms with E-state index in [9.17, 15) is 8.78 Å². The Morgan fingerprint density at radius 2 is 1.95 bits per heavy atom. The highest BCUT2D eigenvalue weighted by Crippen LogP contribution is 2.37. The van der Waals surface area contributed by atoms with Crippen LogP contribution in [0, 0.1) is 6.92 Å². The number of halogens is 2. The Hall–Kier alpha value is -2.70. The zero-order valence-corrected chi connectivity index (χ0v) is 11.5. The van der Waals surface area contributed by atoms with Gasteiger partial charge in [-0.15, -0.1) is 0 Å². The molecule has 0 amide bonds. The second-order valence-electron chi connectivity index (χ2n) is 4.91. The van der Waals surface area contributed by atoms with E-state index in [1.54, 1.807) is 25.1 Å². The van der Waals surface area contributed by atoms with Crippen molar-refractivity contribution in [3.63, 3.8) is 0 Å². The first-order valence-electron chi connectivity index (χ1n) is 6.58. The van der Waals surface area contributed by atoms with Gasteiger partial charge in [-0.1, -0.05) is 5.16 Å². The molecule has 0 radical (unpaired) electrons. The summed E-state index contributed by atoms with van der Waals surface area (Å²) >= 11 is 0. The molecule has 112 valence electrons. The highest BCUT2D eigenvalue weighted by molar-refractivity contribution is 5.83. The first-order chi connectivity index (χ1) is 10.6. The molecular weight excluding hydrogens is 294 g/mol. The summed E-state index contributed by atoms with van der Waals surface area (Å²) in [6.45, 7) is 1.76. The van der Waals surface area contributed by atoms with Crippen LogP contribution in [0.5, 0.6) is 11.5 Å². The third kappa shape index (κ3) is 1.89. The lowest BCUT2D eigenvalue weighted by molar-refractivity contribution is 0.153. The fourth-order valence-electron chi connectivity index (χ4n) is 2.50. The Morgan fingerprint density at radius 3 is 2.77 bits per heavy atom. The monoisotopic (exact) mass is 304 g/mol. The molecule has 0 bridgehead atoms. The second kappa shape index (κ2) is 4.66. The molecule has 3 heterocycles. The lowest BCUT2D eigenvalue weighted by Crippen LogP contribution is -1.93. The molecule has 0 saturated heterocycles. The van der Waals surface area contributed by atoms with Gasteiger partial charge < -0.3 is 14.0 Å². The molecular formula is C15H10F2N2O3. The predicted molar refractivity (Wildman–Crippen MR) is 73.1 cm³/mol. The summed E-state index contributed by atoms with van der Waals surface area (Å²) in [5, 5.41) is 3.98. The molecule has 1 aliphatic rings. The Bertz CT molecular complexity index is 877. The zero-order chi connectivity index (χ0) is 15.3. The number of rotatable bonds is 2. The maximum Gasteiger partial charge on any atom is 0.264 e. The highest BCUT2D eigenvalue weighted by Gasteiger charge is 2.21. The predicted octanol–water partition coefficient (Wildman–Crippen LogP) is 3.86. The van der Waals surface area contributed by atoms with Crippen LogP contribution in [-0.2, 0) is 0 Å². The zero-order valence-electron chi connectivity index (χ0n) is 11.5. The second-order valence-corrected chi connectivity index (χ2v) is 4.91. The fraction of sp³-hybridized carbons (Fsp3) is 0.200. The van der Waals surface area contributed by atoms with E-state index in [0.717, 1.165) is 0 Å². The fourth-order valence-corrected chi connectivity index (χ4v) is 2.50. The largest absolute Gasteiger partial charge is 0.454 e. The molecule has 1 aliphatic heterocycles. The Morgan fingerprint density at radius 1 is 1.14 bits per heavy atom. The van der Waals surface area contributed by atoms with Crippen molar-refractivity contribution in [3.8, 4) is 22.8 Å². The minimum absolute atomic E-state index is 0.1000. The third-order valence-corrected chi connectivity index (χ3v) is 3.55. The average molecular weight is 304 g/mol. The van der Waals surface area contributed by atoms with Gasteiger partial charge in [0, 0.05) is 11.1 Å². The molecule has 22 heavy (non-hydrogen) atoms. The summed E-state index contributed by atoms with van der Waals surface area (Å²) in [4.78, 5) is 4.28. The van der Waals surface area contributed by atoms with Crippen LogP contribution < -0.4 is 9.47 Å². The third-order valence-electron chi connectivity index (χ3n) is 3.55. The molecule has 1 aromatic carbocycles. The maximum atomic E-state index is 13.3. The van der Waals surface area contributed by atoms with E-state index in [2.05, 4.69) is 10.1 Å². The first kappa shape index (κ1) is 13.0. The van der Waals surface area contributed by atoms with E-state index >= 15 is 0 Å². The average Bonchev–Trinajstić information content (AvgIpc) is 3.12. The van der Waals surface area contributed by atoms with Crippen LogP contribution in [-0.4, -0.2) is 16.9 Å². The van der Waals surface area contributed by atoms with Crippen LogP contribution >= 0.6 is 0 Å². The number of alkyl halides is 2. The van der Waals surface area contributed by atoms with Crippen molar-refractivity contribution in [2.24, 2.45) is 0 Å². The van der Waals surface area contributed by atoms with Crippen molar-refractivity contribution in [1.29, 1.82) is 0 Å². The Balaban J connectivity index is 1.92. The number of ether oxygens (including phenoxy) is 2. The van der Waals surface area contributed by atoms with Gasteiger partial charge in [0.1, 0.15) is 0 Å². The summed E-state index contributed by atoms with van der Waals surface area (Å²) in [5.74, 6) is 1.18. The number of hydrogen-bond acceptors (Lipinski definition) is 5. The number of aromatic nitrogens is 2. The number of benzene rings is 1. The minimum Gasteiger partial charge on any atom is -0.454 e. The lowest BCUT2D eigenvalue weighted by Gasteiger charge is -2.06. The topological polar surface area (TPSA) is 57.4 Å². The number of hydrogen-bond donors (Lipinski definition) is 0. The van der Waals surface area contributed by atoms with Crippen molar-refractivity contribution < 1.29 is 22.8 Å². The number of fused-ring (bicyclic) bond motifs is 2. The van der Waals surface area contributed by atoms with Crippen molar-refractivity contribution >= 4 is 11.1 Å². The summed E-state index contributed by atoms with van der Waals surface area (Å²) in [6.07, 6.45) is -2.64. The van der Waals surface area contributed by atoms with Gasteiger partial charge in [0.05, 0.1) is 16.8 Å². The minimum atomic E-state index is -2.64. The molecule has 0 atom stereocenters. The van der Waals surface area contributed by atoms with Gasteiger partial charge in [-0.3, -0.25) is 0 Å². The van der Waals surface area contributed by atoms with E-state index in [-0.39, 0.29) is 23.5 Å². The molecule has 0 fully saturated rings. The van der Waals surface area contributed by atoms with Crippen molar-refractivity contribution in [3.05, 3.63) is 35.5 Å². The lowest BCUT2D eigenvalue weighted by atomic mass is 10.1. The Labute approximate surface area is 123 Å². The van der Waals surface area contributed by atoms with E-state index in [4.69, 9.17) is 14.0 Å². The molecule has 2 aromatic heterocycles. The quantitative estimate of drug-likeness (QED) is 0.719. The summed E-state index contributed by atoms with van der Waals surface area (Å²) in [7, 11) is 0. The number of aryl methyl sites for hydroxylation is 1. The summed E-state index contributed by atoms with van der Waals surface area (Å²) in [5.41, 5.74) is 1.37. The van der Waals surface area contributed by atoms with Crippen molar-refractivity contribution in [2.75, 3.05) is 6.79 Å². The molecule has 5 nitrogen and oxygen atoms in total. The van der Waals surface area contributed by atoms with Crippen LogP contribution in [0.15, 0.2) is 28.8 Å². The van der Waals surface area contributed by atoms with Gasteiger partial charge in [0.25, 0.3) is 12.1 Å². The number of pyridine rings is 1. The first-order valence-corrected chi connectivity index (χ1v) is 6.58. The molecule has 3 aromatic rings. The Kier molecular flexibility index (Phi) is 2.75. The van der Waals surface area contributed by atoms with Crippen molar-refractivity contribution in [1.82, 2.24) is 10.1 Å². The molecule has 4 rings (SSSR count). The van der Waals surface area contributed by atoms with E-state index in [0.29, 0.717) is 28.5 Å². The van der Waals surface area contributed by atoms with Crippen LogP contribution in [0.25, 0.3) is 22.4 Å². The molecule has 0 saturated carbocycles. The molecule has 0 unspecified atom stereocenters. The smallest absolute Gasteiger partial charge is 0.264 e. The standard InChI is InChI=1S/C15H10F2N2O3/c1-7-13-9(14(16)17)5-10(18-15(13)22-19-7)8-2-3-11-12(4-8)21-6-20-11/h2-5,14H,6H2,1H3. The van der Waals surface area contributed by atoms with Crippen LogP contribution in [0.4, 0.5) is 8.78 Å². The van der Waals surface area contributed by atoms with E-state index < -0.39 is 6.43 Å². The SMILES string of the molecule is Cc1noc2nc(-c3ccc4c(c3)OCO4)cc(C(F)F)c12. The highest BCUT2D eigenvalue weighted by atomic mass is 19.3. The summed E-state index contributed by atoms with van der Waals surface area (Å²) < 4.78 is 42.2. The van der Waals surface area contributed by atoms with Gasteiger partial charge in [0.15, 0.2) is 11.5 Å². The van der Waals surface area contributed by atoms with Crippen LogP contribution in [0.2, 0.25) is 0 Å². The summed E-state index contributed by atoms with van der Waals surface area (Å²) in [6, 6.07) is 6.51. The van der Waals surface area contributed by atoms with Gasteiger partial charge in [-0.2, -0.15) is 0 Å². The van der Waals surface area contributed by atoms with Gasteiger partial charge in [0.2, 0.25) is 6.79 Å². The molecule has 0 spiro atoms. The molecule has 7 heteroatoms. The normalized spacial score (nSPS) is 13.3. The molecule has 0 aliphatic carbocycles. The van der Waals surface area contributed by atoms with Crippen molar-refractivity contribution in [2.45, 2.75) is 13.3 Å². The van der Waals surface area contributed by atoms with E-state index in [1.807, 2.05) is 0 Å². The van der Waals surface area contributed by atoms with Crippen LogP contribution in [0.3, 0.4) is 0 Å².